The van der Waals surface area contributed by atoms with E-state index in [4.69, 9.17) is 14.2 Å². The minimum atomic E-state index is -0.177. The van der Waals surface area contributed by atoms with E-state index in [-0.39, 0.29) is 5.91 Å². The second-order valence-electron chi connectivity index (χ2n) is 5.35. The van der Waals surface area contributed by atoms with Gasteiger partial charge in [0.05, 0.1) is 20.3 Å². The molecule has 0 saturated carbocycles. The predicted octanol–water partition coefficient (Wildman–Crippen LogP) is 3.42. The maximum absolute atomic E-state index is 12.5. The Morgan fingerprint density at radius 1 is 1.09 bits per heavy atom. The zero-order valence-corrected chi connectivity index (χ0v) is 13.2. The first-order chi connectivity index (χ1) is 11.2. The fourth-order valence-corrected chi connectivity index (χ4v) is 2.43. The summed E-state index contributed by atoms with van der Waals surface area (Å²) in [4.78, 5) is 12.5. The van der Waals surface area contributed by atoms with Gasteiger partial charge in [0.15, 0.2) is 11.5 Å². The third-order valence-electron chi connectivity index (χ3n) is 3.69. The number of ether oxygens (including phenoxy) is 3. The number of carbonyl (C=O) groups excluding carboxylic acids is 1. The van der Waals surface area contributed by atoms with Crippen LogP contribution in [0.15, 0.2) is 36.4 Å². The van der Waals surface area contributed by atoms with Gasteiger partial charge in [-0.15, -0.1) is 0 Å². The van der Waals surface area contributed by atoms with Crippen LogP contribution in [0.2, 0.25) is 0 Å². The summed E-state index contributed by atoms with van der Waals surface area (Å²) in [5.41, 5.74) is 2.13. The van der Waals surface area contributed by atoms with Crippen LogP contribution in [0.5, 0.6) is 17.2 Å². The molecule has 1 N–H and O–H groups in total. The molecule has 0 fully saturated rings. The van der Waals surface area contributed by atoms with Crippen LogP contribution in [0, 0.1) is 6.92 Å². The summed E-state index contributed by atoms with van der Waals surface area (Å²) < 4.78 is 16.4. The maximum atomic E-state index is 12.5. The van der Waals surface area contributed by atoms with Crippen LogP contribution >= 0.6 is 0 Å². The van der Waals surface area contributed by atoms with Crippen LogP contribution in [-0.4, -0.2) is 26.2 Å². The van der Waals surface area contributed by atoms with Gasteiger partial charge in [0.2, 0.25) is 0 Å². The lowest BCUT2D eigenvalue weighted by Crippen LogP contribution is -2.13. The van der Waals surface area contributed by atoms with E-state index in [1.165, 1.54) is 0 Å². The average Bonchev–Trinajstić information content (AvgIpc) is 2.79. The first kappa shape index (κ1) is 15.2. The number of hydrogen-bond donors (Lipinski definition) is 1. The fraction of sp³-hybridized carbons (Fsp3) is 0.278. The van der Waals surface area contributed by atoms with Crippen molar-refractivity contribution in [2.24, 2.45) is 0 Å². The van der Waals surface area contributed by atoms with Gasteiger partial charge < -0.3 is 19.5 Å². The number of anilines is 1. The topological polar surface area (TPSA) is 56.8 Å². The third kappa shape index (κ3) is 3.39. The zero-order chi connectivity index (χ0) is 16.2. The predicted molar refractivity (Wildman–Crippen MR) is 87.7 cm³/mol. The van der Waals surface area contributed by atoms with Crippen molar-refractivity contribution in [1.82, 2.24) is 0 Å². The van der Waals surface area contributed by atoms with Crippen LogP contribution in [0.1, 0.15) is 22.3 Å². The number of carbonyl (C=O) groups is 1. The van der Waals surface area contributed by atoms with Gasteiger partial charge in [-0.3, -0.25) is 4.79 Å². The zero-order valence-electron chi connectivity index (χ0n) is 13.2. The average molecular weight is 313 g/mol. The minimum absolute atomic E-state index is 0.177. The van der Waals surface area contributed by atoms with E-state index in [9.17, 15) is 4.79 Å². The van der Waals surface area contributed by atoms with E-state index >= 15 is 0 Å². The van der Waals surface area contributed by atoms with Crippen molar-refractivity contribution in [3.63, 3.8) is 0 Å². The first-order valence-electron chi connectivity index (χ1n) is 7.53. The summed E-state index contributed by atoms with van der Waals surface area (Å²) >= 11 is 0. The van der Waals surface area contributed by atoms with Crippen molar-refractivity contribution >= 4 is 11.6 Å². The summed E-state index contributed by atoms with van der Waals surface area (Å²) in [6.45, 7) is 3.11. The van der Waals surface area contributed by atoms with Crippen LogP contribution < -0.4 is 19.5 Å². The molecule has 0 saturated heterocycles. The Bertz CT molecular complexity index is 710. The summed E-state index contributed by atoms with van der Waals surface area (Å²) in [6, 6.07) is 10.8. The number of hydrogen-bond acceptors (Lipinski definition) is 4. The van der Waals surface area contributed by atoms with Gasteiger partial charge in [-0.1, -0.05) is 0 Å². The van der Waals surface area contributed by atoms with Crippen molar-refractivity contribution in [3.8, 4) is 17.2 Å². The second kappa shape index (κ2) is 6.60. The van der Waals surface area contributed by atoms with E-state index in [1.807, 2.05) is 13.0 Å². The lowest BCUT2D eigenvalue weighted by atomic mass is 10.1. The van der Waals surface area contributed by atoms with Crippen LogP contribution in [0.25, 0.3) is 0 Å². The number of amides is 1. The molecule has 0 radical (unpaired) electrons. The smallest absolute Gasteiger partial charge is 0.256 e. The van der Waals surface area contributed by atoms with Crippen LogP contribution in [0.4, 0.5) is 5.69 Å². The van der Waals surface area contributed by atoms with Gasteiger partial charge in [0, 0.05) is 17.7 Å². The van der Waals surface area contributed by atoms with Crippen molar-refractivity contribution in [2.45, 2.75) is 13.3 Å². The lowest BCUT2D eigenvalue weighted by Gasteiger charge is -2.13. The highest BCUT2D eigenvalue weighted by Gasteiger charge is 2.17. The van der Waals surface area contributed by atoms with E-state index < -0.39 is 0 Å². The van der Waals surface area contributed by atoms with Gasteiger partial charge in [0.25, 0.3) is 5.91 Å². The molecular weight excluding hydrogens is 294 g/mol. The Morgan fingerprint density at radius 3 is 2.39 bits per heavy atom. The van der Waals surface area contributed by atoms with Crippen LogP contribution in [0.3, 0.4) is 0 Å². The Kier molecular flexibility index (Phi) is 4.37. The molecule has 0 unspecified atom stereocenters. The molecule has 2 aromatic rings. The number of methoxy groups -OCH3 is 1. The Labute approximate surface area is 135 Å². The molecule has 0 atom stereocenters. The molecule has 23 heavy (non-hydrogen) atoms. The highest BCUT2D eigenvalue weighted by atomic mass is 16.5. The number of benzene rings is 2. The Hall–Kier alpha value is -2.69. The van der Waals surface area contributed by atoms with Gasteiger partial charge in [-0.25, -0.2) is 0 Å². The number of aryl methyl sites for hydroxylation is 1. The molecule has 3 rings (SSSR count). The van der Waals surface area contributed by atoms with Crippen molar-refractivity contribution in [1.29, 1.82) is 0 Å². The van der Waals surface area contributed by atoms with Crippen molar-refractivity contribution in [2.75, 3.05) is 25.6 Å². The molecule has 0 aliphatic carbocycles. The van der Waals surface area contributed by atoms with Gasteiger partial charge in [-0.05, 0) is 48.9 Å². The monoisotopic (exact) mass is 313 g/mol. The van der Waals surface area contributed by atoms with Crippen molar-refractivity contribution in [3.05, 3.63) is 47.5 Å². The summed E-state index contributed by atoms with van der Waals surface area (Å²) in [5, 5.41) is 2.88. The van der Waals surface area contributed by atoms with Crippen LogP contribution in [-0.2, 0) is 0 Å². The molecule has 1 aliphatic heterocycles. The molecule has 1 amide bonds. The van der Waals surface area contributed by atoms with Gasteiger partial charge in [0.1, 0.15) is 5.75 Å². The minimum Gasteiger partial charge on any atom is -0.497 e. The third-order valence-corrected chi connectivity index (χ3v) is 3.69. The molecule has 2 aromatic carbocycles. The largest absolute Gasteiger partial charge is 0.497 e. The Balaban J connectivity index is 1.82. The highest BCUT2D eigenvalue weighted by molar-refractivity contribution is 6.05. The molecule has 1 heterocycles. The van der Waals surface area contributed by atoms with E-state index in [0.717, 1.165) is 17.7 Å². The maximum Gasteiger partial charge on any atom is 0.256 e. The number of nitrogens with one attached hydrogen (secondary N) is 1. The molecule has 1 aliphatic rings. The molecule has 5 nitrogen and oxygen atoms in total. The first-order valence-corrected chi connectivity index (χ1v) is 7.53. The standard InChI is InChI=1S/C18H19NO4/c1-12-10-16-17(23-9-3-8-22-16)11-15(12)18(20)19-13-4-6-14(21-2)7-5-13/h4-7,10-11H,3,8-9H2,1-2H3,(H,19,20). The molecule has 0 bridgehead atoms. The van der Waals surface area contributed by atoms with E-state index in [1.54, 1.807) is 37.4 Å². The van der Waals surface area contributed by atoms with E-state index in [0.29, 0.717) is 36.0 Å². The summed E-state index contributed by atoms with van der Waals surface area (Å²) in [6.07, 6.45) is 0.834. The number of fused-ring (bicyclic) bond motifs is 1. The second-order valence-corrected chi connectivity index (χ2v) is 5.35. The highest BCUT2D eigenvalue weighted by Crippen LogP contribution is 2.33. The molecule has 5 heteroatoms. The molecule has 0 spiro atoms. The lowest BCUT2D eigenvalue weighted by molar-refractivity contribution is 0.102. The fourth-order valence-electron chi connectivity index (χ4n) is 2.43. The molecular formula is C18H19NO4. The van der Waals surface area contributed by atoms with E-state index in [2.05, 4.69) is 5.32 Å². The normalized spacial score (nSPS) is 13.1. The number of rotatable bonds is 3. The molecule has 120 valence electrons. The summed E-state index contributed by atoms with van der Waals surface area (Å²) in [5.74, 6) is 1.88. The van der Waals surface area contributed by atoms with Gasteiger partial charge >= 0.3 is 0 Å². The quantitative estimate of drug-likeness (QED) is 0.943. The SMILES string of the molecule is COc1ccc(NC(=O)c2cc3c(cc2C)OCCCO3)cc1. The summed E-state index contributed by atoms with van der Waals surface area (Å²) in [7, 11) is 1.61. The van der Waals surface area contributed by atoms with Gasteiger partial charge in [-0.2, -0.15) is 0 Å². The Morgan fingerprint density at radius 2 is 1.74 bits per heavy atom. The molecule has 0 aromatic heterocycles. The van der Waals surface area contributed by atoms with Crippen molar-refractivity contribution < 1.29 is 19.0 Å².